The molecule has 20 heavy (non-hydrogen) atoms. The molecule has 0 aliphatic rings. The highest BCUT2D eigenvalue weighted by Crippen LogP contribution is 2.38. The molecule has 2 aromatic rings. The van der Waals surface area contributed by atoms with Gasteiger partial charge in [0.2, 0.25) is 5.88 Å². The van der Waals surface area contributed by atoms with Gasteiger partial charge >= 0.3 is 0 Å². The summed E-state index contributed by atoms with van der Waals surface area (Å²) in [6.45, 7) is 2.57. The molecule has 0 spiro atoms. The molecule has 106 valence electrons. The smallest absolute Gasteiger partial charge is 0.241 e. The second-order valence-electron chi connectivity index (χ2n) is 3.92. The largest absolute Gasteiger partial charge is 0.476 e. The van der Waals surface area contributed by atoms with Crippen molar-refractivity contribution < 1.29 is 4.74 Å². The van der Waals surface area contributed by atoms with Crippen molar-refractivity contribution in [3.63, 3.8) is 0 Å². The summed E-state index contributed by atoms with van der Waals surface area (Å²) >= 11 is 13.4. The fourth-order valence-electron chi connectivity index (χ4n) is 1.42. The van der Waals surface area contributed by atoms with Gasteiger partial charge in [-0.05, 0) is 24.6 Å². The first-order valence-corrected chi connectivity index (χ1v) is 7.55. The van der Waals surface area contributed by atoms with Gasteiger partial charge in [0.15, 0.2) is 0 Å². The lowest BCUT2D eigenvalue weighted by molar-refractivity contribution is 0.305. The lowest BCUT2D eigenvalue weighted by atomic mass is 10.4. The Bertz CT molecular complexity index is 610. The third-order valence-electron chi connectivity index (χ3n) is 2.35. The van der Waals surface area contributed by atoms with Crippen LogP contribution in [0.25, 0.3) is 0 Å². The zero-order chi connectivity index (χ0) is 14.5. The van der Waals surface area contributed by atoms with Crippen LogP contribution in [-0.4, -0.2) is 16.6 Å². The van der Waals surface area contributed by atoms with Gasteiger partial charge < -0.3 is 10.5 Å². The minimum absolute atomic E-state index is 0.391. The minimum atomic E-state index is 0.391. The van der Waals surface area contributed by atoms with Gasteiger partial charge in [0.1, 0.15) is 17.0 Å². The highest BCUT2D eigenvalue weighted by Gasteiger charge is 2.12. The molecule has 0 saturated carbocycles. The molecule has 2 N–H and O–H groups in total. The Morgan fingerprint density at radius 1 is 1.30 bits per heavy atom. The van der Waals surface area contributed by atoms with Gasteiger partial charge in [-0.25, -0.2) is 4.98 Å². The summed E-state index contributed by atoms with van der Waals surface area (Å²) in [5.74, 6) is 0.391. The summed E-state index contributed by atoms with van der Waals surface area (Å²) < 4.78 is 5.47. The van der Waals surface area contributed by atoms with E-state index < -0.39 is 0 Å². The van der Waals surface area contributed by atoms with Crippen LogP contribution in [0.1, 0.15) is 13.3 Å². The van der Waals surface area contributed by atoms with Crippen LogP contribution in [-0.2, 0) is 0 Å². The lowest BCUT2D eigenvalue weighted by Gasteiger charge is -2.10. The average molecular weight is 330 g/mol. The number of halogens is 2. The zero-order valence-corrected chi connectivity index (χ0v) is 13.1. The monoisotopic (exact) mass is 329 g/mol. The van der Waals surface area contributed by atoms with E-state index in [9.17, 15) is 0 Å². The third kappa shape index (κ3) is 3.69. The fourth-order valence-corrected chi connectivity index (χ4v) is 2.75. The molecular formula is C13H13Cl2N3OS. The molecule has 0 aliphatic heterocycles. The van der Waals surface area contributed by atoms with Crippen molar-refractivity contribution in [2.24, 2.45) is 0 Å². The number of nitrogens with two attached hydrogens (primary N) is 1. The third-order valence-corrected chi connectivity index (χ3v) is 4.11. The van der Waals surface area contributed by atoms with E-state index in [1.54, 1.807) is 18.2 Å². The first-order chi connectivity index (χ1) is 9.61. The van der Waals surface area contributed by atoms with Crippen LogP contribution >= 0.6 is 35.0 Å². The Morgan fingerprint density at radius 3 is 2.85 bits per heavy atom. The van der Waals surface area contributed by atoms with Gasteiger partial charge in [-0.3, -0.25) is 0 Å². The molecule has 0 bridgehead atoms. The standard InChI is InChI=1S/C13H13Cl2N3OS/c1-2-5-19-12-11(16)13(18-7-17-12)20-10-6-8(14)3-4-9(10)15/h3-4,6-7H,2,5,16H2,1H3. The van der Waals surface area contributed by atoms with Gasteiger partial charge in [0, 0.05) is 9.92 Å². The van der Waals surface area contributed by atoms with E-state index in [0.29, 0.717) is 33.2 Å². The number of nitrogens with zero attached hydrogens (tertiary/aromatic N) is 2. The summed E-state index contributed by atoms with van der Waals surface area (Å²) in [5, 5.41) is 1.79. The predicted octanol–water partition coefficient (Wildman–Crippen LogP) is 4.31. The molecule has 1 aromatic heterocycles. The lowest BCUT2D eigenvalue weighted by Crippen LogP contribution is -2.03. The van der Waals surface area contributed by atoms with Crippen molar-refractivity contribution in [1.29, 1.82) is 0 Å². The second-order valence-corrected chi connectivity index (χ2v) is 5.80. The maximum atomic E-state index is 6.13. The van der Waals surface area contributed by atoms with E-state index in [-0.39, 0.29) is 0 Å². The molecule has 1 heterocycles. The van der Waals surface area contributed by atoms with Crippen LogP contribution in [0.5, 0.6) is 5.88 Å². The summed E-state index contributed by atoms with van der Waals surface area (Å²) in [4.78, 5) is 8.97. The van der Waals surface area contributed by atoms with E-state index >= 15 is 0 Å². The van der Waals surface area contributed by atoms with Crippen molar-refractivity contribution in [3.05, 3.63) is 34.6 Å². The van der Waals surface area contributed by atoms with Crippen LogP contribution in [0.2, 0.25) is 10.0 Å². The van der Waals surface area contributed by atoms with E-state index in [2.05, 4.69) is 9.97 Å². The topological polar surface area (TPSA) is 61.0 Å². The van der Waals surface area contributed by atoms with E-state index in [4.69, 9.17) is 33.7 Å². The molecule has 7 heteroatoms. The number of ether oxygens (including phenoxy) is 1. The number of benzene rings is 1. The van der Waals surface area contributed by atoms with Crippen LogP contribution < -0.4 is 10.5 Å². The Hall–Kier alpha value is -1.17. The first-order valence-electron chi connectivity index (χ1n) is 5.98. The Kier molecular flexibility index (Phi) is 5.34. The molecule has 0 aliphatic carbocycles. The molecule has 0 amide bonds. The van der Waals surface area contributed by atoms with E-state index in [0.717, 1.165) is 11.3 Å². The quantitative estimate of drug-likeness (QED) is 0.828. The van der Waals surface area contributed by atoms with Gasteiger partial charge in [0.05, 0.1) is 11.6 Å². The average Bonchev–Trinajstić information content (AvgIpc) is 2.44. The molecule has 0 radical (unpaired) electrons. The molecule has 1 aromatic carbocycles. The minimum Gasteiger partial charge on any atom is -0.476 e. The number of rotatable bonds is 5. The molecule has 0 saturated heterocycles. The summed E-state index contributed by atoms with van der Waals surface area (Å²) in [5.41, 5.74) is 6.42. The fraction of sp³-hybridized carbons (Fsp3) is 0.231. The maximum Gasteiger partial charge on any atom is 0.241 e. The summed E-state index contributed by atoms with van der Waals surface area (Å²) in [6, 6.07) is 5.23. The van der Waals surface area contributed by atoms with Crippen LogP contribution in [0.3, 0.4) is 0 Å². The van der Waals surface area contributed by atoms with Crippen molar-refractivity contribution in [3.8, 4) is 5.88 Å². The Balaban J connectivity index is 2.27. The van der Waals surface area contributed by atoms with Crippen molar-refractivity contribution in [2.75, 3.05) is 12.3 Å². The number of aromatic nitrogens is 2. The van der Waals surface area contributed by atoms with Crippen molar-refractivity contribution in [1.82, 2.24) is 9.97 Å². The van der Waals surface area contributed by atoms with Gasteiger partial charge in [0.25, 0.3) is 0 Å². The number of hydrogen-bond acceptors (Lipinski definition) is 5. The number of anilines is 1. The number of hydrogen-bond donors (Lipinski definition) is 1. The van der Waals surface area contributed by atoms with Crippen LogP contribution in [0, 0.1) is 0 Å². The highest BCUT2D eigenvalue weighted by atomic mass is 35.5. The van der Waals surface area contributed by atoms with Crippen LogP contribution in [0.4, 0.5) is 5.69 Å². The summed E-state index contributed by atoms with van der Waals surface area (Å²) in [6.07, 6.45) is 2.30. The SMILES string of the molecule is CCCOc1ncnc(Sc2cc(Cl)ccc2Cl)c1N. The highest BCUT2D eigenvalue weighted by molar-refractivity contribution is 7.99. The number of nitrogen functional groups attached to an aromatic ring is 1. The Morgan fingerprint density at radius 2 is 2.10 bits per heavy atom. The van der Waals surface area contributed by atoms with Crippen LogP contribution in [0.15, 0.2) is 34.4 Å². The summed E-state index contributed by atoms with van der Waals surface area (Å²) in [7, 11) is 0. The molecule has 2 rings (SSSR count). The maximum absolute atomic E-state index is 6.13. The predicted molar refractivity (Wildman–Crippen MR) is 82.8 cm³/mol. The molecule has 0 fully saturated rings. The first kappa shape index (κ1) is 15.2. The van der Waals surface area contributed by atoms with Crippen molar-refractivity contribution in [2.45, 2.75) is 23.3 Å². The van der Waals surface area contributed by atoms with Crippen molar-refractivity contribution >= 4 is 40.7 Å². The Labute approximate surface area is 131 Å². The molecule has 0 unspecified atom stereocenters. The van der Waals surface area contributed by atoms with E-state index in [1.165, 1.54) is 18.1 Å². The van der Waals surface area contributed by atoms with Gasteiger partial charge in [-0.2, -0.15) is 4.98 Å². The van der Waals surface area contributed by atoms with Gasteiger partial charge in [-0.1, -0.05) is 41.9 Å². The normalized spacial score (nSPS) is 10.6. The second kappa shape index (κ2) is 7.02. The molecule has 0 atom stereocenters. The molecule has 4 nitrogen and oxygen atoms in total. The molecular weight excluding hydrogens is 317 g/mol. The zero-order valence-electron chi connectivity index (χ0n) is 10.8. The van der Waals surface area contributed by atoms with E-state index in [1.807, 2.05) is 6.92 Å². The van der Waals surface area contributed by atoms with Gasteiger partial charge in [-0.15, -0.1) is 0 Å².